The lowest BCUT2D eigenvalue weighted by Crippen LogP contribution is -2.46. The van der Waals surface area contributed by atoms with Gasteiger partial charge in [0.25, 0.3) is 5.91 Å². The van der Waals surface area contributed by atoms with E-state index in [2.05, 4.69) is 5.32 Å². The van der Waals surface area contributed by atoms with Crippen molar-refractivity contribution in [2.24, 2.45) is 0 Å². The van der Waals surface area contributed by atoms with E-state index in [0.717, 1.165) is 17.7 Å². The third-order valence-electron chi connectivity index (χ3n) is 3.39. The zero-order valence-electron chi connectivity index (χ0n) is 11.2. The normalized spacial score (nSPS) is 21.5. The molecule has 2 fully saturated rings. The van der Waals surface area contributed by atoms with Crippen LogP contribution >= 0.6 is 0 Å². The summed E-state index contributed by atoms with van der Waals surface area (Å²) in [6.07, 6.45) is 1.83. The molecule has 1 saturated carbocycles. The van der Waals surface area contributed by atoms with Crippen LogP contribution in [-0.4, -0.2) is 64.0 Å². The van der Waals surface area contributed by atoms with Crippen molar-refractivity contribution in [1.82, 2.24) is 15.1 Å². The minimum atomic E-state index is -0.960. The molecule has 2 rings (SSSR count). The van der Waals surface area contributed by atoms with Gasteiger partial charge in [-0.25, -0.2) is 4.79 Å². The van der Waals surface area contributed by atoms with E-state index in [0.29, 0.717) is 0 Å². The highest BCUT2D eigenvalue weighted by Gasteiger charge is 2.45. The molecule has 0 aromatic heterocycles. The van der Waals surface area contributed by atoms with E-state index in [-0.39, 0.29) is 31.6 Å². The Kier molecular flexibility index (Phi) is 3.49. The van der Waals surface area contributed by atoms with Gasteiger partial charge in [0, 0.05) is 12.6 Å². The second-order valence-corrected chi connectivity index (χ2v) is 5.49. The highest BCUT2D eigenvalue weighted by atomic mass is 16.3. The van der Waals surface area contributed by atoms with Crippen LogP contribution in [0.15, 0.2) is 0 Å². The number of imide groups is 1. The smallest absolute Gasteiger partial charge is 0.325 e. The quantitative estimate of drug-likeness (QED) is 0.646. The predicted octanol–water partition coefficient (Wildman–Crippen LogP) is -0.700. The SMILES string of the molecule is CC1(C)NC(=O)N(CC(=O)N(CCO)C2CC2)C1=O. The van der Waals surface area contributed by atoms with E-state index in [1.165, 1.54) is 0 Å². The molecule has 1 aliphatic carbocycles. The Balaban J connectivity index is 2.02. The molecular formula is C12H19N3O4. The molecule has 106 valence electrons. The molecule has 19 heavy (non-hydrogen) atoms. The lowest BCUT2D eigenvalue weighted by Gasteiger charge is -2.23. The highest BCUT2D eigenvalue weighted by Crippen LogP contribution is 2.27. The topological polar surface area (TPSA) is 90.0 Å². The number of nitrogens with one attached hydrogen (secondary N) is 1. The average Bonchev–Trinajstić information content (AvgIpc) is 3.12. The summed E-state index contributed by atoms with van der Waals surface area (Å²) in [5.41, 5.74) is -0.960. The van der Waals surface area contributed by atoms with Gasteiger partial charge in [-0.2, -0.15) is 0 Å². The van der Waals surface area contributed by atoms with E-state index in [4.69, 9.17) is 5.11 Å². The standard InChI is InChI=1S/C12H19N3O4/c1-12(2)10(18)15(11(19)13-12)7-9(17)14(5-6-16)8-3-4-8/h8,16H,3-7H2,1-2H3,(H,13,19). The minimum absolute atomic E-state index is 0.117. The Bertz CT molecular complexity index is 417. The highest BCUT2D eigenvalue weighted by molar-refractivity contribution is 6.08. The number of carbonyl (C=O) groups excluding carboxylic acids is 3. The van der Waals surface area contributed by atoms with Crippen LogP contribution in [0.4, 0.5) is 4.79 Å². The summed E-state index contributed by atoms with van der Waals surface area (Å²) in [6.45, 7) is 3.07. The molecule has 2 N–H and O–H groups in total. The van der Waals surface area contributed by atoms with Gasteiger partial charge in [0.15, 0.2) is 0 Å². The molecule has 7 heteroatoms. The lowest BCUT2D eigenvalue weighted by atomic mass is 10.1. The van der Waals surface area contributed by atoms with Crippen molar-refractivity contribution in [2.75, 3.05) is 19.7 Å². The van der Waals surface area contributed by atoms with Crippen LogP contribution < -0.4 is 5.32 Å². The van der Waals surface area contributed by atoms with Gasteiger partial charge in [0.05, 0.1) is 6.61 Å². The molecule has 0 aromatic carbocycles. The van der Waals surface area contributed by atoms with E-state index in [1.807, 2.05) is 0 Å². The molecule has 4 amide bonds. The first-order chi connectivity index (χ1) is 8.86. The second-order valence-electron chi connectivity index (χ2n) is 5.49. The maximum absolute atomic E-state index is 12.1. The number of hydrogen-bond donors (Lipinski definition) is 2. The number of hydrogen-bond acceptors (Lipinski definition) is 4. The Hall–Kier alpha value is -1.63. The lowest BCUT2D eigenvalue weighted by molar-refractivity contribution is -0.139. The first-order valence-electron chi connectivity index (χ1n) is 6.41. The number of nitrogens with zero attached hydrogens (tertiary/aromatic N) is 2. The number of urea groups is 1. The van der Waals surface area contributed by atoms with E-state index < -0.39 is 17.5 Å². The van der Waals surface area contributed by atoms with E-state index in [1.54, 1.807) is 18.7 Å². The summed E-state index contributed by atoms with van der Waals surface area (Å²) in [7, 11) is 0. The monoisotopic (exact) mass is 269 g/mol. The first-order valence-corrected chi connectivity index (χ1v) is 6.41. The van der Waals surface area contributed by atoms with Crippen LogP contribution in [0.3, 0.4) is 0 Å². The molecule has 0 spiro atoms. The van der Waals surface area contributed by atoms with Crippen LogP contribution in [0, 0.1) is 0 Å². The van der Waals surface area contributed by atoms with Gasteiger partial charge in [0.1, 0.15) is 12.1 Å². The number of aliphatic hydroxyl groups is 1. The molecule has 0 radical (unpaired) electrons. The summed E-state index contributed by atoms with van der Waals surface area (Å²) in [5, 5.41) is 11.5. The van der Waals surface area contributed by atoms with Crippen molar-refractivity contribution >= 4 is 17.8 Å². The van der Waals surface area contributed by atoms with Crippen LogP contribution in [0.5, 0.6) is 0 Å². The summed E-state index contributed by atoms with van der Waals surface area (Å²) >= 11 is 0. The van der Waals surface area contributed by atoms with Crippen molar-refractivity contribution in [3.05, 3.63) is 0 Å². The van der Waals surface area contributed by atoms with Gasteiger partial charge in [0.2, 0.25) is 5.91 Å². The van der Waals surface area contributed by atoms with Crippen molar-refractivity contribution in [2.45, 2.75) is 38.3 Å². The van der Waals surface area contributed by atoms with Gasteiger partial charge < -0.3 is 15.3 Å². The Labute approximate surface area is 111 Å². The fraction of sp³-hybridized carbons (Fsp3) is 0.750. The van der Waals surface area contributed by atoms with E-state index in [9.17, 15) is 14.4 Å². The molecule has 0 aromatic rings. The van der Waals surface area contributed by atoms with E-state index >= 15 is 0 Å². The fourth-order valence-electron chi connectivity index (χ4n) is 2.19. The fourth-order valence-corrected chi connectivity index (χ4v) is 2.19. The third-order valence-corrected chi connectivity index (χ3v) is 3.39. The zero-order chi connectivity index (χ0) is 14.2. The number of aliphatic hydroxyl groups excluding tert-OH is 1. The summed E-state index contributed by atoms with van der Waals surface area (Å²) in [6, 6.07) is -0.392. The number of rotatable bonds is 5. The molecule has 7 nitrogen and oxygen atoms in total. The predicted molar refractivity (Wildman–Crippen MR) is 66.1 cm³/mol. The maximum atomic E-state index is 12.1. The molecule has 0 atom stereocenters. The zero-order valence-corrected chi connectivity index (χ0v) is 11.2. The molecule has 0 unspecified atom stereocenters. The Morgan fingerprint density at radius 2 is 2.11 bits per heavy atom. The molecule has 1 aliphatic heterocycles. The second kappa shape index (κ2) is 4.80. The van der Waals surface area contributed by atoms with Crippen LogP contribution in [0.2, 0.25) is 0 Å². The van der Waals surface area contributed by atoms with Crippen molar-refractivity contribution in [1.29, 1.82) is 0 Å². The largest absolute Gasteiger partial charge is 0.395 e. The molecule has 0 bridgehead atoms. The van der Waals surface area contributed by atoms with Gasteiger partial charge in [-0.1, -0.05) is 0 Å². The Morgan fingerprint density at radius 1 is 1.47 bits per heavy atom. The molecule has 1 heterocycles. The van der Waals surface area contributed by atoms with Gasteiger partial charge in [-0.3, -0.25) is 14.5 Å². The molecular weight excluding hydrogens is 250 g/mol. The van der Waals surface area contributed by atoms with Gasteiger partial charge >= 0.3 is 6.03 Å². The average molecular weight is 269 g/mol. The van der Waals surface area contributed by atoms with Crippen molar-refractivity contribution < 1.29 is 19.5 Å². The summed E-state index contributed by atoms with van der Waals surface area (Å²) in [4.78, 5) is 38.2. The first kappa shape index (κ1) is 13.8. The van der Waals surface area contributed by atoms with Crippen molar-refractivity contribution in [3.63, 3.8) is 0 Å². The van der Waals surface area contributed by atoms with Crippen molar-refractivity contribution in [3.8, 4) is 0 Å². The Morgan fingerprint density at radius 3 is 2.53 bits per heavy atom. The molecule has 1 saturated heterocycles. The number of amides is 4. The van der Waals surface area contributed by atoms with Crippen LogP contribution in [0.25, 0.3) is 0 Å². The van der Waals surface area contributed by atoms with Crippen LogP contribution in [-0.2, 0) is 9.59 Å². The summed E-state index contributed by atoms with van der Waals surface area (Å²) in [5.74, 6) is -0.691. The number of carbonyl (C=O) groups is 3. The molecule has 2 aliphatic rings. The van der Waals surface area contributed by atoms with Gasteiger partial charge in [-0.05, 0) is 26.7 Å². The maximum Gasteiger partial charge on any atom is 0.325 e. The minimum Gasteiger partial charge on any atom is -0.395 e. The van der Waals surface area contributed by atoms with Gasteiger partial charge in [-0.15, -0.1) is 0 Å². The third kappa shape index (κ3) is 2.70. The summed E-state index contributed by atoms with van der Waals surface area (Å²) < 4.78 is 0. The van der Waals surface area contributed by atoms with Crippen LogP contribution in [0.1, 0.15) is 26.7 Å².